The van der Waals surface area contributed by atoms with Crippen LogP contribution in [0.5, 0.6) is 11.5 Å². The molecule has 1 saturated heterocycles. The number of hydrogen-bond acceptors (Lipinski definition) is 6. The molecule has 1 aliphatic rings. The predicted molar refractivity (Wildman–Crippen MR) is 118 cm³/mol. The molecule has 2 amide bonds. The first-order valence-electron chi connectivity index (χ1n) is 10.4. The Morgan fingerprint density at radius 2 is 1.72 bits per heavy atom. The van der Waals surface area contributed by atoms with Gasteiger partial charge in [-0.3, -0.25) is 14.4 Å². The second-order valence-corrected chi connectivity index (χ2v) is 7.79. The lowest BCUT2D eigenvalue weighted by atomic mass is 9.83. The Morgan fingerprint density at radius 1 is 1.06 bits per heavy atom. The van der Waals surface area contributed by atoms with E-state index in [0.717, 1.165) is 5.56 Å². The normalized spacial score (nSPS) is 19.2. The summed E-state index contributed by atoms with van der Waals surface area (Å²) >= 11 is 0. The van der Waals surface area contributed by atoms with E-state index in [1.54, 1.807) is 23.1 Å². The number of carbonyl (C=O) groups excluding carboxylic acids is 3. The number of anilines is 1. The Labute approximate surface area is 187 Å². The zero-order valence-corrected chi connectivity index (χ0v) is 18.7. The van der Waals surface area contributed by atoms with E-state index in [-0.39, 0.29) is 18.7 Å². The third kappa shape index (κ3) is 4.69. The summed E-state index contributed by atoms with van der Waals surface area (Å²) in [6.07, 6.45) is -0.619. The monoisotopic (exact) mass is 440 g/mol. The molecule has 170 valence electrons. The van der Waals surface area contributed by atoms with Crippen molar-refractivity contribution in [2.24, 2.45) is 11.7 Å². The van der Waals surface area contributed by atoms with Crippen molar-refractivity contribution in [1.29, 1.82) is 0 Å². The summed E-state index contributed by atoms with van der Waals surface area (Å²) in [4.78, 5) is 39.2. The molecule has 1 heterocycles. The van der Waals surface area contributed by atoms with E-state index in [4.69, 9.17) is 19.9 Å². The minimum atomic E-state index is -1.07. The zero-order valence-electron chi connectivity index (χ0n) is 18.7. The fourth-order valence-corrected chi connectivity index (χ4v) is 3.89. The number of piperidine rings is 1. The highest BCUT2D eigenvalue weighted by atomic mass is 16.5. The lowest BCUT2D eigenvalue weighted by Crippen LogP contribution is -2.47. The number of nitrogens with zero attached hydrogens (tertiary/aromatic N) is 1. The molecule has 2 aromatic carbocycles. The van der Waals surface area contributed by atoms with E-state index in [9.17, 15) is 14.4 Å². The molecule has 0 unspecified atom stereocenters. The largest absolute Gasteiger partial charge is 0.493 e. The maximum atomic E-state index is 13.1. The molecule has 8 nitrogen and oxygen atoms in total. The highest BCUT2D eigenvalue weighted by Crippen LogP contribution is 2.43. The first-order valence-corrected chi connectivity index (χ1v) is 10.4. The zero-order chi connectivity index (χ0) is 23.4. The van der Waals surface area contributed by atoms with Gasteiger partial charge >= 0.3 is 5.97 Å². The van der Waals surface area contributed by atoms with Gasteiger partial charge in [0.15, 0.2) is 17.6 Å². The lowest BCUT2D eigenvalue weighted by molar-refractivity contribution is -0.159. The third-order valence-electron chi connectivity index (χ3n) is 5.65. The molecule has 3 rings (SSSR count). The van der Waals surface area contributed by atoms with E-state index >= 15 is 0 Å². The van der Waals surface area contributed by atoms with Crippen LogP contribution in [-0.4, -0.2) is 38.1 Å². The number of methoxy groups -OCH3 is 2. The summed E-state index contributed by atoms with van der Waals surface area (Å²) in [7, 11) is 3.05. The van der Waals surface area contributed by atoms with Crippen LogP contribution >= 0.6 is 0 Å². The van der Waals surface area contributed by atoms with E-state index in [1.807, 2.05) is 31.2 Å². The summed E-state index contributed by atoms with van der Waals surface area (Å²) in [5.41, 5.74) is 7.67. The van der Waals surface area contributed by atoms with E-state index in [0.29, 0.717) is 22.7 Å². The van der Waals surface area contributed by atoms with E-state index < -0.39 is 29.9 Å². The van der Waals surface area contributed by atoms with Crippen LogP contribution in [0.3, 0.4) is 0 Å². The third-order valence-corrected chi connectivity index (χ3v) is 5.65. The molecular formula is C24H28N2O6. The molecule has 1 aliphatic heterocycles. The number of benzene rings is 2. The van der Waals surface area contributed by atoms with Crippen LogP contribution in [-0.2, 0) is 19.1 Å². The van der Waals surface area contributed by atoms with Crippen LogP contribution < -0.4 is 20.1 Å². The van der Waals surface area contributed by atoms with Gasteiger partial charge in [0.05, 0.1) is 26.2 Å². The quantitative estimate of drug-likeness (QED) is 0.663. The van der Waals surface area contributed by atoms with E-state index in [1.165, 1.54) is 21.1 Å². The van der Waals surface area contributed by atoms with Crippen molar-refractivity contribution in [3.63, 3.8) is 0 Å². The highest BCUT2D eigenvalue weighted by Gasteiger charge is 2.43. The van der Waals surface area contributed by atoms with Gasteiger partial charge in [0.1, 0.15) is 0 Å². The molecule has 2 N–H and O–H groups in total. The van der Waals surface area contributed by atoms with Crippen molar-refractivity contribution in [3.8, 4) is 11.5 Å². The Morgan fingerprint density at radius 3 is 2.31 bits per heavy atom. The van der Waals surface area contributed by atoms with Crippen molar-refractivity contribution in [2.45, 2.75) is 38.8 Å². The minimum absolute atomic E-state index is 0.111. The van der Waals surface area contributed by atoms with Crippen LogP contribution in [0.2, 0.25) is 0 Å². The fourth-order valence-electron chi connectivity index (χ4n) is 3.89. The number of aryl methyl sites for hydroxylation is 1. The number of ether oxygens (including phenoxy) is 3. The Bertz CT molecular complexity index is 1000. The van der Waals surface area contributed by atoms with Crippen molar-refractivity contribution < 1.29 is 28.6 Å². The number of esters is 1. The van der Waals surface area contributed by atoms with Crippen molar-refractivity contribution >= 4 is 23.5 Å². The minimum Gasteiger partial charge on any atom is -0.493 e. The number of carbonyl (C=O) groups is 3. The van der Waals surface area contributed by atoms with Crippen LogP contribution in [0, 0.1) is 12.8 Å². The summed E-state index contributed by atoms with van der Waals surface area (Å²) in [6.45, 7) is 3.39. The Balaban J connectivity index is 2.10. The maximum absolute atomic E-state index is 13.1. The first kappa shape index (κ1) is 23.1. The van der Waals surface area contributed by atoms with Gasteiger partial charge in [-0.25, -0.2) is 0 Å². The van der Waals surface area contributed by atoms with Gasteiger partial charge in [-0.05, 0) is 50.1 Å². The molecular weight excluding hydrogens is 412 g/mol. The van der Waals surface area contributed by atoms with Crippen molar-refractivity contribution in [3.05, 3.63) is 53.6 Å². The average molecular weight is 440 g/mol. The van der Waals surface area contributed by atoms with Crippen molar-refractivity contribution in [1.82, 2.24) is 0 Å². The highest BCUT2D eigenvalue weighted by molar-refractivity contribution is 5.97. The number of rotatable bonds is 7. The second-order valence-electron chi connectivity index (χ2n) is 7.79. The molecule has 0 aliphatic carbocycles. The average Bonchev–Trinajstić information content (AvgIpc) is 2.78. The van der Waals surface area contributed by atoms with Gasteiger partial charge in [0, 0.05) is 12.1 Å². The second kappa shape index (κ2) is 9.72. The standard InChI is InChI=1S/C24H28N2O6/c1-14-5-8-17(9-6-14)26-21(27)12-10-18(24(29)32-15(2)23(25)28)22(26)16-7-11-19(30-3)20(13-16)31-4/h5-9,11,13,15,18,22H,10,12H2,1-4H3,(H2,25,28)/t15-,18-,22-/m1/s1. The van der Waals surface area contributed by atoms with E-state index in [2.05, 4.69) is 0 Å². The predicted octanol–water partition coefficient (Wildman–Crippen LogP) is 2.91. The van der Waals surface area contributed by atoms with Gasteiger partial charge in [-0.2, -0.15) is 0 Å². The molecule has 32 heavy (non-hydrogen) atoms. The summed E-state index contributed by atoms with van der Waals surface area (Å²) in [6, 6.07) is 12.1. The SMILES string of the molecule is COc1ccc([C@@H]2[C@H](C(=O)O[C@H](C)C(N)=O)CCC(=O)N2c2ccc(C)cc2)cc1OC. The summed E-state index contributed by atoms with van der Waals surface area (Å²) in [5.74, 6) is -1.12. The molecule has 0 aromatic heterocycles. The van der Waals surface area contributed by atoms with Gasteiger partial charge < -0.3 is 24.8 Å². The molecule has 0 bridgehead atoms. The number of primary amides is 1. The summed E-state index contributed by atoms with van der Waals surface area (Å²) < 4.78 is 16.1. The fraction of sp³-hybridized carbons (Fsp3) is 0.375. The number of amides is 2. The van der Waals surface area contributed by atoms with Gasteiger partial charge in [0.25, 0.3) is 5.91 Å². The molecule has 0 spiro atoms. The topological polar surface area (TPSA) is 108 Å². The van der Waals surface area contributed by atoms with Gasteiger partial charge in [0.2, 0.25) is 5.91 Å². The van der Waals surface area contributed by atoms with Gasteiger partial charge in [-0.15, -0.1) is 0 Å². The van der Waals surface area contributed by atoms with Crippen molar-refractivity contribution in [2.75, 3.05) is 19.1 Å². The number of hydrogen-bond donors (Lipinski definition) is 1. The molecule has 0 radical (unpaired) electrons. The molecule has 3 atom stereocenters. The van der Waals surface area contributed by atoms with Crippen LogP contribution in [0.25, 0.3) is 0 Å². The van der Waals surface area contributed by atoms with Crippen LogP contribution in [0.4, 0.5) is 5.69 Å². The molecule has 1 fully saturated rings. The van der Waals surface area contributed by atoms with Crippen LogP contribution in [0.1, 0.15) is 36.9 Å². The first-order chi connectivity index (χ1) is 15.3. The lowest BCUT2D eigenvalue weighted by Gasteiger charge is -2.40. The molecule has 2 aromatic rings. The molecule has 0 saturated carbocycles. The van der Waals surface area contributed by atoms with Crippen LogP contribution in [0.15, 0.2) is 42.5 Å². The van der Waals surface area contributed by atoms with Gasteiger partial charge in [-0.1, -0.05) is 23.8 Å². The molecule has 8 heteroatoms. The maximum Gasteiger partial charge on any atom is 0.312 e. The Hall–Kier alpha value is -3.55. The Kier molecular flexibility index (Phi) is 7.02. The smallest absolute Gasteiger partial charge is 0.312 e. The summed E-state index contributed by atoms with van der Waals surface area (Å²) in [5, 5.41) is 0. The number of nitrogens with two attached hydrogens (primary N) is 1.